The van der Waals surface area contributed by atoms with E-state index in [1.165, 1.54) is 0 Å². The Morgan fingerprint density at radius 3 is 2.85 bits per heavy atom. The Balaban J connectivity index is 1.92. The second-order valence-corrected chi connectivity index (χ2v) is 5.86. The Kier molecular flexibility index (Phi) is 9.41. The number of aliphatic imine (C=N–C) groups is 1. The maximum atomic E-state index is 5.78. The van der Waals surface area contributed by atoms with Gasteiger partial charge in [-0.25, -0.2) is 0 Å². The summed E-state index contributed by atoms with van der Waals surface area (Å²) in [6.45, 7) is 9.42. The van der Waals surface area contributed by atoms with E-state index in [4.69, 9.17) is 15.2 Å². The van der Waals surface area contributed by atoms with Gasteiger partial charge in [0.2, 0.25) is 0 Å². The van der Waals surface area contributed by atoms with Gasteiger partial charge in [0.15, 0.2) is 5.96 Å². The number of hydrogen-bond donors (Lipinski definition) is 2. The first-order chi connectivity index (χ1) is 9.68. The van der Waals surface area contributed by atoms with E-state index in [1.54, 1.807) is 0 Å². The molecule has 1 heterocycles. The van der Waals surface area contributed by atoms with E-state index >= 15 is 0 Å². The molecule has 20 heavy (non-hydrogen) atoms. The Bertz CT molecular complexity index is 264. The minimum absolute atomic E-state index is 0.551. The summed E-state index contributed by atoms with van der Waals surface area (Å²) in [6.07, 6.45) is 4.30. The molecule has 1 aliphatic rings. The number of ether oxygens (including phenoxy) is 2. The van der Waals surface area contributed by atoms with Gasteiger partial charge in [-0.2, -0.15) is 0 Å². The molecule has 0 atom stereocenters. The molecule has 5 nitrogen and oxygen atoms in total. The van der Waals surface area contributed by atoms with E-state index in [9.17, 15) is 0 Å². The summed E-state index contributed by atoms with van der Waals surface area (Å²) in [7, 11) is 0. The molecule has 118 valence electrons. The van der Waals surface area contributed by atoms with Gasteiger partial charge < -0.3 is 20.5 Å². The molecule has 0 saturated carbocycles. The average molecular weight is 285 g/mol. The van der Waals surface area contributed by atoms with E-state index in [2.05, 4.69) is 24.2 Å². The third kappa shape index (κ3) is 9.15. The molecule has 0 unspecified atom stereocenters. The van der Waals surface area contributed by atoms with Crippen molar-refractivity contribution in [2.75, 3.05) is 39.5 Å². The van der Waals surface area contributed by atoms with Crippen LogP contribution in [0.4, 0.5) is 0 Å². The predicted octanol–water partition coefficient (Wildman–Crippen LogP) is 1.77. The Morgan fingerprint density at radius 2 is 2.15 bits per heavy atom. The van der Waals surface area contributed by atoms with Crippen LogP contribution in [-0.4, -0.2) is 45.5 Å². The largest absolute Gasteiger partial charge is 0.381 e. The van der Waals surface area contributed by atoms with Crippen molar-refractivity contribution in [1.29, 1.82) is 0 Å². The molecule has 0 aromatic heterocycles. The number of hydrogen-bond acceptors (Lipinski definition) is 3. The quantitative estimate of drug-likeness (QED) is 0.385. The van der Waals surface area contributed by atoms with Crippen molar-refractivity contribution in [3.8, 4) is 0 Å². The summed E-state index contributed by atoms with van der Waals surface area (Å²) in [6, 6.07) is 0. The molecule has 1 rings (SSSR count). The number of nitrogens with two attached hydrogens (primary N) is 1. The predicted molar refractivity (Wildman–Crippen MR) is 82.9 cm³/mol. The van der Waals surface area contributed by atoms with Gasteiger partial charge in [-0.05, 0) is 37.5 Å². The highest BCUT2D eigenvalue weighted by atomic mass is 16.5. The monoisotopic (exact) mass is 285 g/mol. The highest BCUT2D eigenvalue weighted by Crippen LogP contribution is 2.14. The van der Waals surface area contributed by atoms with Gasteiger partial charge in [0.1, 0.15) is 0 Å². The zero-order valence-corrected chi connectivity index (χ0v) is 13.1. The van der Waals surface area contributed by atoms with E-state index in [0.717, 1.165) is 65.2 Å². The molecular weight excluding hydrogens is 254 g/mol. The smallest absolute Gasteiger partial charge is 0.188 e. The van der Waals surface area contributed by atoms with Gasteiger partial charge in [-0.15, -0.1) is 0 Å². The number of nitrogens with one attached hydrogen (secondary N) is 1. The van der Waals surface area contributed by atoms with Crippen LogP contribution in [0.1, 0.15) is 39.5 Å². The summed E-state index contributed by atoms with van der Waals surface area (Å²) in [5, 5.41) is 3.13. The Hall–Kier alpha value is -0.810. The first-order valence-electron chi connectivity index (χ1n) is 7.87. The highest BCUT2D eigenvalue weighted by Gasteiger charge is 2.13. The number of rotatable bonds is 9. The summed E-state index contributed by atoms with van der Waals surface area (Å²) >= 11 is 0. The second-order valence-electron chi connectivity index (χ2n) is 5.86. The topological polar surface area (TPSA) is 68.9 Å². The van der Waals surface area contributed by atoms with Gasteiger partial charge in [0.05, 0.1) is 0 Å². The summed E-state index contributed by atoms with van der Waals surface area (Å²) < 4.78 is 11.0. The highest BCUT2D eigenvalue weighted by molar-refractivity contribution is 5.77. The van der Waals surface area contributed by atoms with Crippen LogP contribution < -0.4 is 11.1 Å². The summed E-state index contributed by atoms with van der Waals surface area (Å²) in [5.41, 5.74) is 5.78. The van der Waals surface area contributed by atoms with Crippen molar-refractivity contribution >= 4 is 5.96 Å². The summed E-state index contributed by atoms with van der Waals surface area (Å²) in [4.78, 5) is 4.29. The minimum Gasteiger partial charge on any atom is -0.381 e. The zero-order valence-electron chi connectivity index (χ0n) is 13.1. The van der Waals surface area contributed by atoms with Gasteiger partial charge in [0, 0.05) is 39.5 Å². The van der Waals surface area contributed by atoms with Crippen LogP contribution in [0.2, 0.25) is 0 Å². The molecule has 0 bridgehead atoms. The maximum Gasteiger partial charge on any atom is 0.188 e. The van der Waals surface area contributed by atoms with Gasteiger partial charge in [-0.1, -0.05) is 13.8 Å². The van der Waals surface area contributed by atoms with Crippen LogP contribution in [0.25, 0.3) is 0 Å². The van der Waals surface area contributed by atoms with E-state index in [1.807, 2.05) is 0 Å². The lowest BCUT2D eigenvalue weighted by Crippen LogP contribution is -2.33. The Labute approximate surface area is 123 Å². The van der Waals surface area contributed by atoms with E-state index in [-0.39, 0.29) is 0 Å². The van der Waals surface area contributed by atoms with Crippen molar-refractivity contribution in [3.05, 3.63) is 0 Å². The minimum atomic E-state index is 0.551. The lowest BCUT2D eigenvalue weighted by molar-refractivity contribution is 0.0205. The van der Waals surface area contributed by atoms with Crippen LogP contribution >= 0.6 is 0 Å². The molecule has 3 N–H and O–H groups in total. The summed E-state index contributed by atoms with van der Waals surface area (Å²) in [5.74, 6) is 1.92. The van der Waals surface area contributed by atoms with Gasteiger partial charge in [-0.3, -0.25) is 4.99 Å². The normalized spacial score (nSPS) is 17.6. The van der Waals surface area contributed by atoms with Crippen LogP contribution in [0.5, 0.6) is 0 Å². The van der Waals surface area contributed by atoms with Crippen LogP contribution in [0.3, 0.4) is 0 Å². The fourth-order valence-corrected chi connectivity index (χ4v) is 2.07. The number of guanidine groups is 1. The van der Waals surface area contributed by atoms with Crippen molar-refractivity contribution < 1.29 is 9.47 Å². The van der Waals surface area contributed by atoms with Crippen molar-refractivity contribution in [1.82, 2.24) is 5.32 Å². The first kappa shape index (κ1) is 17.2. The lowest BCUT2D eigenvalue weighted by Gasteiger charge is -2.21. The van der Waals surface area contributed by atoms with Crippen molar-refractivity contribution in [2.45, 2.75) is 39.5 Å². The van der Waals surface area contributed by atoms with E-state index in [0.29, 0.717) is 17.8 Å². The van der Waals surface area contributed by atoms with Gasteiger partial charge in [0.25, 0.3) is 0 Å². The first-order valence-corrected chi connectivity index (χ1v) is 7.87. The molecule has 1 fully saturated rings. The lowest BCUT2D eigenvalue weighted by atomic mass is 10.0. The van der Waals surface area contributed by atoms with Crippen molar-refractivity contribution in [2.24, 2.45) is 22.6 Å². The fraction of sp³-hybridized carbons (Fsp3) is 0.933. The maximum absolute atomic E-state index is 5.78. The molecule has 0 spiro atoms. The fourth-order valence-electron chi connectivity index (χ4n) is 2.07. The second kappa shape index (κ2) is 10.9. The van der Waals surface area contributed by atoms with Crippen LogP contribution in [-0.2, 0) is 9.47 Å². The molecule has 0 amide bonds. The van der Waals surface area contributed by atoms with Crippen LogP contribution in [0.15, 0.2) is 4.99 Å². The molecule has 1 saturated heterocycles. The molecule has 0 aromatic carbocycles. The SMILES string of the molecule is CC(C)CCNC(N)=NCCCOCC1CCOCC1. The molecule has 1 aliphatic heterocycles. The molecular formula is C15H31N3O2. The third-order valence-electron chi connectivity index (χ3n) is 3.45. The molecule has 0 radical (unpaired) electrons. The van der Waals surface area contributed by atoms with E-state index < -0.39 is 0 Å². The van der Waals surface area contributed by atoms with Crippen molar-refractivity contribution in [3.63, 3.8) is 0 Å². The molecule has 0 aromatic rings. The molecule has 5 heteroatoms. The average Bonchev–Trinajstić information content (AvgIpc) is 2.43. The zero-order chi connectivity index (χ0) is 14.6. The third-order valence-corrected chi connectivity index (χ3v) is 3.45. The standard InChI is InChI=1S/C15H31N3O2/c1-13(2)4-8-18-15(16)17-7-3-9-20-12-14-5-10-19-11-6-14/h13-14H,3-12H2,1-2H3,(H3,16,17,18). The number of nitrogens with zero attached hydrogens (tertiary/aromatic N) is 1. The Morgan fingerprint density at radius 1 is 1.40 bits per heavy atom. The van der Waals surface area contributed by atoms with Crippen LogP contribution in [0, 0.1) is 11.8 Å². The molecule has 0 aliphatic carbocycles. The van der Waals surface area contributed by atoms with Gasteiger partial charge >= 0.3 is 0 Å².